The van der Waals surface area contributed by atoms with E-state index in [-0.39, 0.29) is 0 Å². The van der Waals surface area contributed by atoms with Crippen LogP contribution in [-0.2, 0) is 14.3 Å². The number of carbonyl (C=O) groups excluding carboxylic acids is 2. The van der Waals surface area contributed by atoms with E-state index in [1.807, 2.05) is 0 Å². The second-order valence-corrected chi connectivity index (χ2v) is 5.35. The number of carbonyl (C=O) groups is 2. The molecular formula is C13H16ClNO4. The minimum atomic E-state index is -1.09. The summed E-state index contributed by atoms with van der Waals surface area (Å²) < 4.78 is 9.37. The van der Waals surface area contributed by atoms with Crippen LogP contribution in [0.15, 0.2) is 24.3 Å². The van der Waals surface area contributed by atoms with Crippen molar-refractivity contribution in [3.05, 3.63) is 34.9 Å². The maximum absolute atomic E-state index is 11.7. The standard InChI is InChI=1S/C13H16ClNO4/c1-13(2,3)19-12(17)18-11(16)10(15)8-5-4-6-9(14)7-8/h4-7,10H,15H2,1-3H3/t10-/m1/s1. The van der Waals surface area contributed by atoms with Crippen LogP contribution in [0.25, 0.3) is 0 Å². The molecule has 0 heterocycles. The van der Waals surface area contributed by atoms with E-state index in [9.17, 15) is 9.59 Å². The Kier molecular flexibility index (Phi) is 4.91. The highest BCUT2D eigenvalue weighted by atomic mass is 35.5. The summed E-state index contributed by atoms with van der Waals surface area (Å²) in [5.74, 6) is -0.892. The molecule has 0 aliphatic rings. The van der Waals surface area contributed by atoms with Gasteiger partial charge < -0.3 is 15.2 Å². The lowest BCUT2D eigenvalue weighted by Gasteiger charge is -2.19. The van der Waals surface area contributed by atoms with Crippen LogP contribution in [0.4, 0.5) is 4.79 Å². The maximum Gasteiger partial charge on any atom is 0.516 e. The van der Waals surface area contributed by atoms with E-state index in [2.05, 4.69) is 4.74 Å². The third-order valence-corrected chi connectivity index (χ3v) is 2.27. The molecule has 0 aromatic heterocycles. The number of nitrogens with two attached hydrogens (primary N) is 1. The molecule has 0 aliphatic carbocycles. The number of halogens is 1. The average Bonchev–Trinajstić information content (AvgIpc) is 2.25. The number of ether oxygens (including phenoxy) is 2. The topological polar surface area (TPSA) is 78.6 Å². The van der Waals surface area contributed by atoms with Gasteiger partial charge in [0.2, 0.25) is 0 Å². The van der Waals surface area contributed by atoms with Gasteiger partial charge in [0.05, 0.1) is 0 Å². The summed E-state index contributed by atoms with van der Waals surface area (Å²) in [6, 6.07) is 5.36. The molecule has 6 heteroatoms. The van der Waals surface area contributed by atoms with E-state index in [0.29, 0.717) is 10.6 Å². The van der Waals surface area contributed by atoms with Crippen LogP contribution >= 0.6 is 11.6 Å². The fraction of sp³-hybridized carbons (Fsp3) is 0.385. The van der Waals surface area contributed by atoms with Crippen molar-refractivity contribution >= 4 is 23.7 Å². The van der Waals surface area contributed by atoms with Crippen LogP contribution in [-0.4, -0.2) is 17.7 Å². The Morgan fingerprint density at radius 3 is 2.47 bits per heavy atom. The number of esters is 1. The van der Waals surface area contributed by atoms with Gasteiger partial charge in [0.15, 0.2) is 0 Å². The first-order valence-electron chi connectivity index (χ1n) is 5.65. The predicted octanol–water partition coefficient (Wildman–Crippen LogP) is 2.82. The zero-order chi connectivity index (χ0) is 14.6. The first kappa shape index (κ1) is 15.5. The smallest absolute Gasteiger partial charge is 0.428 e. The Hall–Kier alpha value is -1.59. The van der Waals surface area contributed by atoms with E-state index in [1.165, 1.54) is 6.07 Å². The summed E-state index contributed by atoms with van der Waals surface area (Å²) in [4.78, 5) is 23.0. The molecule has 0 radical (unpaired) electrons. The van der Waals surface area contributed by atoms with Crippen LogP contribution < -0.4 is 5.73 Å². The van der Waals surface area contributed by atoms with Gasteiger partial charge in [-0.3, -0.25) is 0 Å². The van der Waals surface area contributed by atoms with Crippen molar-refractivity contribution in [2.75, 3.05) is 0 Å². The third kappa shape index (κ3) is 5.28. The summed E-state index contributed by atoms with van der Waals surface area (Å²) in [7, 11) is 0. The number of benzene rings is 1. The highest BCUT2D eigenvalue weighted by molar-refractivity contribution is 6.30. The molecule has 0 unspecified atom stereocenters. The van der Waals surface area contributed by atoms with E-state index >= 15 is 0 Å². The number of rotatable bonds is 2. The fourth-order valence-corrected chi connectivity index (χ4v) is 1.45. The minimum absolute atomic E-state index is 0.443. The van der Waals surface area contributed by atoms with Crippen LogP contribution in [0.2, 0.25) is 5.02 Å². The molecule has 19 heavy (non-hydrogen) atoms. The van der Waals surface area contributed by atoms with Crippen molar-refractivity contribution in [1.82, 2.24) is 0 Å². The van der Waals surface area contributed by atoms with E-state index in [0.717, 1.165) is 0 Å². The summed E-state index contributed by atoms with van der Waals surface area (Å²) in [6.45, 7) is 4.99. The third-order valence-electron chi connectivity index (χ3n) is 2.04. The van der Waals surface area contributed by atoms with E-state index in [4.69, 9.17) is 22.1 Å². The van der Waals surface area contributed by atoms with Gasteiger partial charge >= 0.3 is 12.1 Å². The second-order valence-electron chi connectivity index (χ2n) is 4.92. The van der Waals surface area contributed by atoms with Crippen molar-refractivity contribution in [3.8, 4) is 0 Å². The maximum atomic E-state index is 11.7. The molecule has 104 valence electrons. The van der Waals surface area contributed by atoms with Crippen LogP contribution in [0, 0.1) is 0 Å². The Bertz CT molecular complexity index is 482. The largest absolute Gasteiger partial charge is 0.516 e. The van der Waals surface area contributed by atoms with Gasteiger partial charge in [-0.05, 0) is 38.5 Å². The summed E-state index contributed by atoms with van der Waals surface area (Å²) >= 11 is 5.79. The SMILES string of the molecule is CC(C)(C)OC(=O)OC(=O)[C@H](N)c1cccc(Cl)c1. The Morgan fingerprint density at radius 2 is 1.95 bits per heavy atom. The molecule has 0 saturated carbocycles. The van der Waals surface area contributed by atoms with Crippen LogP contribution in [0.1, 0.15) is 32.4 Å². The summed E-state index contributed by atoms with van der Waals surface area (Å²) in [6.07, 6.45) is -1.07. The molecule has 0 fully saturated rings. The molecule has 2 N–H and O–H groups in total. The lowest BCUT2D eigenvalue weighted by atomic mass is 10.1. The van der Waals surface area contributed by atoms with Gasteiger partial charge in [-0.15, -0.1) is 0 Å². The van der Waals surface area contributed by atoms with Gasteiger partial charge in [0.25, 0.3) is 0 Å². The van der Waals surface area contributed by atoms with Crippen molar-refractivity contribution < 1.29 is 19.1 Å². The Balaban J connectivity index is 2.66. The average molecular weight is 286 g/mol. The lowest BCUT2D eigenvalue weighted by molar-refractivity contribution is -0.143. The molecule has 0 aliphatic heterocycles. The highest BCUT2D eigenvalue weighted by Crippen LogP contribution is 2.18. The first-order chi connectivity index (χ1) is 8.69. The van der Waals surface area contributed by atoms with Crippen molar-refractivity contribution in [2.45, 2.75) is 32.4 Å². The van der Waals surface area contributed by atoms with Crippen LogP contribution in [0.3, 0.4) is 0 Å². The molecule has 1 aromatic rings. The number of hydrogen-bond donors (Lipinski definition) is 1. The van der Waals surface area contributed by atoms with E-state index in [1.54, 1.807) is 39.0 Å². The molecule has 0 saturated heterocycles. The monoisotopic (exact) mass is 285 g/mol. The Morgan fingerprint density at radius 1 is 1.32 bits per heavy atom. The van der Waals surface area contributed by atoms with Crippen molar-refractivity contribution in [2.24, 2.45) is 5.73 Å². The van der Waals surface area contributed by atoms with Gasteiger partial charge in [0, 0.05) is 5.02 Å². The zero-order valence-corrected chi connectivity index (χ0v) is 11.7. The van der Waals surface area contributed by atoms with E-state index < -0.39 is 23.8 Å². The minimum Gasteiger partial charge on any atom is -0.428 e. The number of hydrogen-bond acceptors (Lipinski definition) is 5. The molecule has 1 aromatic carbocycles. The Labute approximate surface area is 116 Å². The molecule has 0 amide bonds. The zero-order valence-electron chi connectivity index (χ0n) is 11.0. The summed E-state index contributed by atoms with van der Waals surface area (Å²) in [5, 5.41) is 0.443. The molecule has 5 nitrogen and oxygen atoms in total. The lowest BCUT2D eigenvalue weighted by Crippen LogP contribution is -2.30. The second kappa shape index (κ2) is 6.04. The highest BCUT2D eigenvalue weighted by Gasteiger charge is 2.24. The molecule has 1 rings (SSSR count). The van der Waals surface area contributed by atoms with Gasteiger partial charge in [-0.2, -0.15) is 0 Å². The molecule has 0 spiro atoms. The first-order valence-corrected chi connectivity index (χ1v) is 6.02. The van der Waals surface area contributed by atoms with Crippen molar-refractivity contribution in [3.63, 3.8) is 0 Å². The molecule has 1 atom stereocenters. The van der Waals surface area contributed by atoms with Gasteiger partial charge in [0.1, 0.15) is 11.6 Å². The molecule has 0 bridgehead atoms. The van der Waals surface area contributed by atoms with Crippen LogP contribution in [0.5, 0.6) is 0 Å². The normalized spacial score (nSPS) is 12.7. The fourth-order valence-electron chi connectivity index (χ4n) is 1.25. The molecular weight excluding hydrogens is 270 g/mol. The van der Waals surface area contributed by atoms with Gasteiger partial charge in [-0.25, -0.2) is 9.59 Å². The predicted molar refractivity (Wildman–Crippen MR) is 70.7 cm³/mol. The quantitative estimate of drug-likeness (QED) is 0.668. The summed E-state index contributed by atoms with van der Waals surface area (Å²) in [5.41, 5.74) is 5.40. The van der Waals surface area contributed by atoms with Crippen molar-refractivity contribution in [1.29, 1.82) is 0 Å². The van der Waals surface area contributed by atoms with Gasteiger partial charge in [-0.1, -0.05) is 23.7 Å².